The van der Waals surface area contributed by atoms with Crippen molar-refractivity contribution in [3.63, 3.8) is 0 Å². The van der Waals surface area contributed by atoms with Crippen molar-refractivity contribution in [2.75, 3.05) is 20.8 Å². The normalized spacial score (nSPS) is 16.5. The molecule has 0 unspecified atom stereocenters. The Hall–Kier alpha value is -4.01. The zero-order valence-corrected chi connectivity index (χ0v) is 23.0. The van der Waals surface area contributed by atoms with Crippen LogP contribution >= 0.6 is 0 Å². The van der Waals surface area contributed by atoms with E-state index in [1.165, 1.54) is 0 Å². The van der Waals surface area contributed by atoms with E-state index >= 15 is 0 Å². The van der Waals surface area contributed by atoms with Crippen molar-refractivity contribution in [3.05, 3.63) is 59.8 Å². The number of rotatable bonds is 12. The molecular weight excluding hydrogens is 496 g/mol. The quantitative estimate of drug-likeness (QED) is 0.283. The Morgan fingerprint density at radius 3 is 2.46 bits per heavy atom. The number of fused-ring (bicyclic) bond motifs is 1. The molecule has 208 valence electrons. The molecule has 39 heavy (non-hydrogen) atoms. The van der Waals surface area contributed by atoms with E-state index in [1.807, 2.05) is 56.3 Å². The van der Waals surface area contributed by atoms with E-state index in [-0.39, 0.29) is 35.6 Å². The molecule has 2 heterocycles. The molecule has 3 atom stereocenters. The monoisotopic (exact) mass is 534 g/mol. The van der Waals surface area contributed by atoms with Gasteiger partial charge in [0.25, 0.3) is 5.91 Å². The molecule has 0 saturated carbocycles. The van der Waals surface area contributed by atoms with Crippen LogP contribution in [-0.4, -0.2) is 55.6 Å². The highest BCUT2D eigenvalue weighted by molar-refractivity contribution is 6.01. The molecule has 4 rings (SSSR count). The van der Waals surface area contributed by atoms with E-state index in [1.54, 1.807) is 20.3 Å². The van der Waals surface area contributed by atoms with Crippen LogP contribution in [0.3, 0.4) is 0 Å². The second kappa shape index (κ2) is 12.7. The zero-order chi connectivity index (χ0) is 27.9. The molecule has 0 radical (unpaired) electrons. The van der Waals surface area contributed by atoms with Crippen LogP contribution in [0.25, 0.3) is 10.9 Å². The van der Waals surface area contributed by atoms with Crippen LogP contribution in [0.1, 0.15) is 49.2 Å². The molecule has 9 nitrogen and oxygen atoms in total. The summed E-state index contributed by atoms with van der Waals surface area (Å²) in [5.41, 5.74) is 2.16. The predicted octanol–water partition coefficient (Wildman–Crippen LogP) is 3.58. The number of hydrogen-bond acceptors (Lipinski definition) is 5. The van der Waals surface area contributed by atoms with E-state index in [9.17, 15) is 14.4 Å². The number of ether oxygens (including phenoxy) is 2. The summed E-state index contributed by atoms with van der Waals surface area (Å²) in [6.45, 7) is 4.67. The minimum Gasteiger partial charge on any atom is -0.497 e. The van der Waals surface area contributed by atoms with E-state index in [0.29, 0.717) is 37.3 Å². The average molecular weight is 535 g/mol. The largest absolute Gasteiger partial charge is 0.497 e. The smallest absolute Gasteiger partial charge is 0.268 e. The molecule has 0 spiro atoms. The lowest BCUT2D eigenvalue weighted by Crippen LogP contribution is -2.51. The number of methoxy groups -OCH3 is 2. The standard InChI is InChI=1S/C30H38N4O5/c1-18(2)14-25(34-30(37)26-17-23-24(33-26)6-5-7-27(23)39-4)29(36)32-21(16-20-12-13-31-28(20)35)15-19-8-10-22(38-3)11-9-19/h5-11,17-18,20-21,25,33H,12-16H2,1-4H3,(H,31,35)(H,32,36)(H,34,37)/t20-,21+,25-/m0/s1. The van der Waals surface area contributed by atoms with Gasteiger partial charge in [0.15, 0.2) is 0 Å². The molecule has 0 aliphatic carbocycles. The van der Waals surface area contributed by atoms with Crippen molar-refractivity contribution in [1.29, 1.82) is 0 Å². The van der Waals surface area contributed by atoms with Crippen molar-refractivity contribution < 1.29 is 23.9 Å². The minimum absolute atomic E-state index is 0.0188. The maximum Gasteiger partial charge on any atom is 0.268 e. The van der Waals surface area contributed by atoms with Crippen LogP contribution in [0, 0.1) is 11.8 Å². The van der Waals surface area contributed by atoms with Crippen molar-refractivity contribution in [2.24, 2.45) is 11.8 Å². The van der Waals surface area contributed by atoms with Crippen LogP contribution < -0.4 is 25.4 Å². The number of aromatic nitrogens is 1. The number of nitrogens with one attached hydrogen (secondary N) is 4. The summed E-state index contributed by atoms with van der Waals surface area (Å²) in [5.74, 6) is 0.821. The predicted molar refractivity (Wildman–Crippen MR) is 150 cm³/mol. The second-order valence-corrected chi connectivity index (χ2v) is 10.5. The molecule has 1 aliphatic rings. The summed E-state index contributed by atoms with van der Waals surface area (Å²) in [6.07, 6.45) is 2.29. The molecule has 3 amide bonds. The molecule has 0 bridgehead atoms. The summed E-state index contributed by atoms with van der Waals surface area (Å²) in [4.78, 5) is 42.3. The Morgan fingerprint density at radius 2 is 1.82 bits per heavy atom. The van der Waals surface area contributed by atoms with Gasteiger partial charge in [0.05, 0.1) is 14.2 Å². The second-order valence-electron chi connectivity index (χ2n) is 10.5. The highest BCUT2D eigenvalue weighted by Gasteiger charge is 2.30. The van der Waals surface area contributed by atoms with Gasteiger partial charge in [-0.3, -0.25) is 14.4 Å². The fourth-order valence-corrected chi connectivity index (χ4v) is 5.12. The van der Waals surface area contributed by atoms with Crippen molar-refractivity contribution >= 4 is 28.6 Å². The molecule has 1 aliphatic heterocycles. The number of amides is 3. The van der Waals surface area contributed by atoms with E-state index in [0.717, 1.165) is 28.6 Å². The van der Waals surface area contributed by atoms with Crippen molar-refractivity contribution in [2.45, 2.75) is 51.6 Å². The molecular formula is C30H38N4O5. The maximum atomic E-state index is 13.6. The Bertz CT molecular complexity index is 1300. The first-order valence-corrected chi connectivity index (χ1v) is 13.4. The maximum absolute atomic E-state index is 13.6. The summed E-state index contributed by atoms with van der Waals surface area (Å²) in [6, 6.07) is 14.0. The Labute approximate surface area is 229 Å². The third kappa shape index (κ3) is 7.10. The van der Waals surface area contributed by atoms with Crippen LogP contribution in [0.5, 0.6) is 11.5 Å². The number of carbonyl (C=O) groups excluding carboxylic acids is 3. The summed E-state index contributed by atoms with van der Waals surface area (Å²) < 4.78 is 10.7. The van der Waals surface area contributed by atoms with Gasteiger partial charge in [-0.25, -0.2) is 0 Å². The number of benzene rings is 2. The molecule has 1 saturated heterocycles. The SMILES string of the molecule is COc1ccc(C[C@H](C[C@@H]2CCNC2=O)NC(=O)[C@H](CC(C)C)NC(=O)c2cc3c(OC)cccc3[nH]2)cc1. The fourth-order valence-electron chi connectivity index (χ4n) is 5.12. The minimum atomic E-state index is -0.735. The van der Waals surface area contributed by atoms with Crippen molar-refractivity contribution in [3.8, 4) is 11.5 Å². The van der Waals surface area contributed by atoms with Gasteiger partial charge in [-0.15, -0.1) is 0 Å². The Balaban J connectivity index is 1.51. The van der Waals surface area contributed by atoms with E-state index < -0.39 is 6.04 Å². The van der Waals surface area contributed by atoms with Gasteiger partial charge in [0.2, 0.25) is 11.8 Å². The van der Waals surface area contributed by atoms with Gasteiger partial charge >= 0.3 is 0 Å². The van der Waals surface area contributed by atoms with E-state index in [2.05, 4.69) is 20.9 Å². The zero-order valence-electron chi connectivity index (χ0n) is 23.0. The molecule has 3 aromatic rings. The molecule has 4 N–H and O–H groups in total. The van der Waals surface area contributed by atoms with E-state index in [4.69, 9.17) is 9.47 Å². The van der Waals surface area contributed by atoms with Crippen LogP contribution in [-0.2, 0) is 16.0 Å². The lowest BCUT2D eigenvalue weighted by atomic mass is 9.93. The number of carbonyl (C=O) groups is 3. The number of aromatic amines is 1. The number of hydrogen-bond donors (Lipinski definition) is 4. The summed E-state index contributed by atoms with van der Waals surface area (Å²) in [7, 11) is 3.20. The van der Waals surface area contributed by atoms with Gasteiger partial charge in [-0.2, -0.15) is 0 Å². The van der Waals surface area contributed by atoms with Gasteiger partial charge in [0, 0.05) is 29.4 Å². The lowest BCUT2D eigenvalue weighted by Gasteiger charge is -2.26. The fraction of sp³-hybridized carbons (Fsp3) is 0.433. The third-order valence-electron chi connectivity index (χ3n) is 7.14. The van der Waals surface area contributed by atoms with Gasteiger partial charge in [0.1, 0.15) is 23.2 Å². The number of H-pyrrole nitrogens is 1. The molecule has 1 fully saturated rings. The van der Waals surface area contributed by atoms with Crippen LogP contribution in [0.2, 0.25) is 0 Å². The first-order valence-electron chi connectivity index (χ1n) is 13.4. The van der Waals surface area contributed by atoms with Crippen molar-refractivity contribution in [1.82, 2.24) is 20.9 Å². The summed E-state index contributed by atoms with van der Waals surface area (Å²) >= 11 is 0. The lowest BCUT2D eigenvalue weighted by molar-refractivity contribution is -0.126. The van der Waals surface area contributed by atoms with Crippen LogP contribution in [0.15, 0.2) is 48.5 Å². The molecule has 9 heteroatoms. The molecule has 2 aromatic carbocycles. The van der Waals surface area contributed by atoms with Gasteiger partial charge in [-0.1, -0.05) is 32.0 Å². The van der Waals surface area contributed by atoms with Gasteiger partial charge in [-0.05, 0) is 67.5 Å². The highest BCUT2D eigenvalue weighted by Crippen LogP contribution is 2.26. The average Bonchev–Trinajstić information content (AvgIpc) is 3.54. The molecule has 1 aromatic heterocycles. The highest BCUT2D eigenvalue weighted by atomic mass is 16.5. The first kappa shape index (κ1) is 28.0. The van der Waals surface area contributed by atoms with Gasteiger partial charge < -0.3 is 30.4 Å². The Morgan fingerprint density at radius 1 is 1.05 bits per heavy atom. The topological polar surface area (TPSA) is 122 Å². The third-order valence-corrected chi connectivity index (χ3v) is 7.14. The Kier molecular flexibility index (Phi) is 9.11. The summed E-state index contributed by atoms with van der Waals surface area (Å²) in [5, 5.41) is 9.76. The van der Waals surface area contributed by atoms with Crippen LogP contribution in [0.4, 0.5) is 0 Å². The first-order chi connectivity index (χ1) is 18.8.